The fourth-order valence-corrected chi connectivity index (χ4v) is 4.53. The molecule has 4 aromatic carbocycles. The van der Waals surface area contributed by atoms with E-state index < -0.39 is 18.5 Å². The molecule has 1 heterocycles. The van der Waals surface area contributed by atoms with E-state index in [2.05, 4.69) is 5.32 Å². The first-order valence-corrected chi connectivity index (χ1v) is 12.0. The van der Waals surface area contributed by atoms with Crippen molar-refractivity contribution in [2.75, 3.05) is 6.61 Å². The van der Waals surface area contributed by atoms with E-state index in [1.54, 1.807) is 24.3 Å². The zero-order valence-corrected chi connectivity index (χ0v) is 20.5. The van der Waals surface area contributed by atoms with Gasteiger partial charge in [-0.2, -0.15) is 0 Å². The lowest BCUT2D eigenvalue weighted by Gasteiger charge is -2.12. The molecule has 1 aromatic heterocycles. The van der Waals surface area contributed by atoms with Crippen molar-refractivity contribution in [3.8, 4) is 11.3 Å². The number of nitrogens with one attached hydrogen (secondary N) is 1. The number of ether oxygens (including phenoxy) is 1. The average molecular weight is 515 g/mol. The van der Waals surface area contributed by atoms with Crippen LogP contribution in [-0.2, 0) is 16.1 Å². The second kappa shape index (κ2) is 10.4. The maximum absolute atomic E-state index is 13.1. The molecule has 178 valence electrons. The first-order valence-electron chi connectivity index (χ1n) is 11.3. The Balaban J connectivity index is 1.38. The fraction of sp³-hybridized carbons (Fsp3) is 0.0690. The number of hydrogen-bond donors (Lipinski definition) is 1. The minimum absolute atomic E-state index is 0.190. The van der Waals surface area contributed by atoms with Crippen molar-refractivity contribution in [2.45, 2.75) is 6.54 Å². The van der Waals surface area contributed by atoms with E-state index in [-0.39, 0.29) is 6.54 Å². The molecule has 5 aromatic rings. The monoisotopic (exact) mass is 514 g/mol. The number of nitrogens with zero attached hydrogens (tertiary/aromatic N) is 1. The second-order valence-corrected chi connectivity index (χ2v) is 9.03. The molecule has 0 spiro atoms. The highest BCUT2D eigenvalue weighted by atomic mass is 35.5. The Morgan fingerprint density at radius 3 is 2.42 bits per heavy atom. The highest BCUT2D eigenvalue weighted by molar-refractivity contribution is 6.35. The van der Waals surface area contributed by atoms with Gasteiger partial charge in [-0.3, -0.25) is 4.79 Å². The van der Waals surface area contributed by atoms with Crippen LogP contribution in [0, 0.1) is 0 Å². The van der Waals surface area contributed by atoms with Gasteiger partial charge in [0.15, 0.2) is 6.61 Å². The maximum Gasteiger partial charge on any atom is 0.339 e. The molecule has 0 radical (unpaired) electrons. The molecule has 0 unspecified atom stereocenters. The van der Waals surface area contributed by atoms with Gasteiger partial charge in [0.05, 0.1) is 16.8 Å². The molecule has 0 aliphatic rings. The van der Waals surface area contributed by atoms with Crippen LogP contribution in [0.3, 0.4) is 0 Å². The van der Waals surface area contributed by atoms with E-state index in [9.17, 15) is 9.59 Å². The lowest BCUT2D eigenvalue weighted by atomic mass is 9.99. The summed E-state index contributed by atoms with van der Waals surface area (Å²) in [5.74, 6) is -1.04. The molecule has 0 aliphatic heterocycles. The Morgan fingerprint density at radius 1 is 0.833 bits per heavy atom. The van der Waals surface area contributed by atoms with Crippen molar-refractivity contribution in [3.63, 3.8) is 0 Å². The molecule has 36 heavy (non-hydrogen) atoms. The zero-order valence-electron chi connectivity index (χ0n) is 19.0. The molecular formula is C29H20Cl2N2O3. The molecule has 0 atom stereocenters. The standard InChI is InChI=1S/C29H20Cl2N2O3/c30-20-13-12-19(25(31)14-20)16-32-28(34)17-36-29(35)24-15-27(33-26-11-4-3-9-23(24)26)22-10-5-7-18-6-1-2-8-21(18)22/h1-15H,16-17H2,(H,32,34). The molecule has 0 bridgehead atoms. The minimum atomic E-state index is -0.602. The van der Waals surface area contributed by atoms with Gasteiger partial charge in [0.25, 0.3) is 5.91 Å². The summed E-state index contributed by atoms with van der Waals surface area (Å²) in [6.07, 6.45) is 0. The number of para-hydroxylation sites is 1. The molecule has 0 fully saturated rings. The molecule has 5 nitrogen and oxygen atoms in total. The third kappa shape index (κ3) is 5.03. The van der Waals surface area contributed by atoms with Gasteiger partial charge in [-0.1, -0.05) is 89.9 Å². The number of fused-ring (bicyclic) bond motifs is 2. The highest BCUT2D eigenvalue weighted by Gasteiger charge is 2.17. The van der Waals surface area contributed by atoms with Crippen LogP contribution in [0.5, 0.6) is 0 Å². The summed E-state index contributed by atoms with van der Waals surface area (Å²) in [6.45, 7) is -0.236. The van der Waals surface area contributed by atoms with Crippen LogP contribution < -0.4 is 5.32 Å². The second-order valence-electron chi connectivity index (χ2n) is 8.19. The van der Waals surface area contributed by atoms with Crippen LogP contribution in [0.2, 0.25) is 10.0 Å². The third-order valence-electron chi connectivity index (χ3n) is 5.83. The third-order valence-corrected chi connectivity index (χ3v) is 6.41. The molecule has 0 saturated heterocycles. The van der Waals surface area contributed by atoms with E-state index in [1.807, 2.05) is 66.7 Å². The van der Waals surface area contributed by atoms with Gasteiger partial charge in [-0.15, -0.1) is 0 Å². The topological polar surface area (TPSA) is 68.3 Å². The van der Waals surface area contributed by atoms with Gasteiger partial charge in [-0.05, 0) is 40.6 Å². The van der Waals surface area contributed by atoms with Gasteiger partial charge in [0.2, 0.25) is 0 Å². The smallest absolute Gasteiger partial charge is 0.339 e. The number of rotatable bonds is 6. The van der Waals surface area contributed by atoms with Gasteiger partial charge >= 0.3 is 5.97 Å². The Kier molecular flexibility index (Phi) is 6.85. The normalized spacial score (nSPS) is 10.9. The van der Waals surface area contributed by atoms with Crippen LogP contribution in [0.4, 0.5) is 0 Å². The van der Waals surface area contributed by atoms with Crippen molar-refractivity contribution in [1.29, 1.82) is 0 Å². The number of halogens is 2. The lowest BCUT2D eigenvalue weighted by Crippen LogP contribution is -2.28. The number of carbonyl (C=O) groups excluding carboxylic acids is 2. The Hall–Kier alpha value is -3.93. The first-order chi connectivity index (χ1) is 17.5. The zero-order chi connectivity index (χ0) is 25.1. The van der Waals surface area contributed by atoms with Crippen LogP contribution in [0.25, 0.3) is 32.9 Å². The summed E-state index contributed by atoms with van der Waals surface area (Å²) in [4.78, 5) is 30.3. The summed E-state index contributed by atoms with van der Waals surface area (Å²) in [7, 11) is 0. The van der Waals surface area contributed by atoms with E-state index in [0.29, 0.717) is 37.8 Å². The quantitative estimate of drug-likeness (QED) is 0.252. The molecule has 5 rings (SSSR count). The number of pyridine rings is 1. The number of aromatic nitrogens is 1. The van der Waals surface area contributed by atoms with E-state index in [1.165, 1.54) is 0 Å². The van der Waals surface area contributed by atoms with E-state index in [0.717, 1.165) is 16.3 Å². The molecular weight excluding hydrogens is 495 g/mol. The Morgan fingerprint density at radius 2 is 1.58 bits per heavy atom. The summed E-state index contributed by atoms with van der Waals surface area (Å²) < 4.78 is 5.38. The van der Waals surface area contributed by atoms with Crippen molar-refractivity contribution in [2.24, 2.45) is 0 Å². The predicted octanol–water partition coefficient (Wildman–Crippen LogP) is 6.84. The summed E-state index contributed by atoms with van der Waals surface area (Å²) in [6, 6.07) is 28.1. The van der Waals surface area contributed by atoms with Crippen molar-refractivity contribution < 1.29 is 14.3 Å². The molecule has 1 amide bonds. The van der Waals surface area contributed by atoms with Crippen LogP contribution in [0.15, 0.2) is 91.0 Å². The molecule has 7 heteroatoms. The van der Waals surface area contributed by atoms with Gasteiger partial charge in [0, 0.05) is 27.5 Å². The SMILES string of the molecule is O=C(COC(=O)c1cc(-c2cccc3ccccc23)nc2ccccc12)NCc1ccc(Cl)cc1Cl. The summed E-state index contributed by atoms with van der Waals surface area (Å²) in [5, 5.41) is 6.42. The highest BCUT2D eigenvalue weighted by Crippen LogP contribution is 2.30. The van der Waals surface area contributed by atoms with Crippen LogP contribution in [-0.4, -0.2) is 23.5 Å². The number of carbonyl (C=O) groups is 2. The molecule has 0 aliphatic carbocycles. The van der Waals surface area contributed by atoms with E-state index >= 15 is 0 Å². The van der Waals surface area contributed by atoms with Crippen molar-refractivity contribution in [3.05, 3.63) is 112 Å². The Bertz CT molecular complexity index is 1610. The van der Waals surface area contributed by atoms with Gasteiger partial charge in [0.1, 0.15) is 0 Å². The Labute approximate surface area is 217 Å². The van der Waals surface area contributed by atoms with E-state index in [4.69, 9.17) is 32.9 Å². The fourth-order valence-electron chi connectivity index (χ4n) is 4.05. The summed E-state index contributed by atoms with van der Waals surface area (Å²) >= 11 is 12.1. The lowest BCUT2D eigenvalue weighted by molar-refractivity contribution is -0.124. The largest absolute Gasteiger partial charge is 0.452 e. The minimum Gasteiger partial charge on any atom is -0.452 e. The van der Waals surface area contributed by atoms with Gasteiger partial charge < -0.3 is 10.1 Å². The number of benzene rings is 4. The van der Waals surface area contributed by atoms with Crippen LogP contribution in [0.1, 0.15) is 15.9 Å². The number of hydrogen-bond acceptors (Lipinski definition) is 4. The summed E-state index contributed by atoms with van der Waals surface area (Å²) in [5.41, 5.74) is 3.28. The van der Waals surface area contributed by atoms with Crippen molar-refractivity contribution in [1.82, 2.24) is 10.3 Å². The van der Waals surface area contributed by atoms with Crippen LogP contribution >= 0.6 is 23.2 Å². The number of amides is 1. The molecule has 1 N–H and O–H groups in total. The molecule has 0 saturated carbocycles. The number of esters is 1. The van der Waals surface area contributed by atoms with Crippen molar-refractivity contribution >= 4 is 56.8 Å². The predicted molar refractivity (Wildman–Crippen MR) is 143 cm³/mol. The maximum atomic E-state index is 13.1. The first kappa shape index (κ1) is 23.8. The average Bonchev–Trinajstić information content (AvgIpc) is 2.90. The van der Waals surface area contributed by atoms with Gasteiger partial charge in [-0.25, -0.2) is 9.78 Å².